The first-order valence-corrected chi connectivity index (χ1v) is 7.22. The van der Waals surface area contributed by atoms with Crippen LogP contribution in [0.3, 0.4) is 0 Å². The lowest BCUT2D eigenvalue weighted by molar-refractivity contribution is 0.174. The van der Waals surface area contributed by atoms with Gasteiger partial charge in [0.05, 0.1) is 5.56 Å². The fraction of sp³-hybridized carbons (Fsp3) is 0.111. The number of hydrogen-bond donors (Lipinski definition) is 0. The standard InChI is InChI=1S/C18H11NO5/c19-5-6-21-13-3-1-12-7-14(18(20)24-16(12)9-13)11-2-4-15-17(8-11)23-10-22-15/h1-4,7-9H,6,10H2. The van der Waals surface area contributed by atoms with Crippen LogP contribution in [-0.2, 0) is 0 Å². The molecule has 0 unspecified atom stereocenters. The quantitative estimate of drug-likeness (QED) is 0.690. The van der Waals surface area contributed by atoms with E-state index >= 15 is 0 Å². The molecule has 3 aromatic rings. The second-order valence-corrected chi connectivity index (χ2v) is 5.16. The van der Waals surface area contributed by atoms with Crippen molar-refractivity contribution < 1.29 is 18.6 Å². The fourth-order valence-corrected chi connectivity index (χ4v) is 2.56. The van der Waals surface area contributed by atoms with E-state index in [1.54, 1.807) is 42.5 Å². The molecule has 0 amide bonds. The first-order chi connectivity index (χ1) is 11.7. The second-order valence-electron chi connectivity index (χ2n) is 5.16. The highest BCUT2D eigenvalue weighted by Crippen LogP contribution is 2.35. The monoisotopic (exact) mass is 321 g/mol. The van der Waals surface area contributed by atoms with Gasteiger partial charge in [-0.25, -0.2) is 4.79 Å². The van der Waals surface area contributed by atoms with Crippen LogP contribution in [0.5, 0.6) is 17.2 Å². The predicted molar refractivity (Wildman–Crippen MR) is 85.2 cm³/mol. The van der Waals surface area contributed by atoms with Gasteiger partial charge in [0.1, 0.15) is 17.4 Å². The minimum atomic E-state index is -0.459. The van der Waals surface area contributed by atoms with Crippen molar-refractivity contribution in [3.63, 3.8) is 0 Å². The van der Waals surface area contributed by atoms with Crippen LogP contribution in [-0.4, -0.2) is 13.4 Å². The summed E-state index contributed by atoms with van der Waals surface area (Å²) in [5.41, 5.74) is 1.07. The Hall–Kier alpha value is -3.46. The number of fused-ring (bicyclic) bond motifs is 2. The molecule has 24 heavy (non-hydrogen) atoms. The predicted octanol–water partition coefficient (Wildman–Crippen LogP) is 3.09. The highest BCUT2D eigenvalue weighted by Gasteiger charge is 2.16. The summed E-state index contributed by atoms with van der Waals surface area (Å²) in [5.74, 6) is 1.73. The summed E-state index contributed by atoms with van der Waals surface area (Å²) in [6.07, 6.45) is 0. The van der Waals surface area contributed by atoms with Crippen molar-refractivity contribution in [2.45, 2.75) is 0 Å². The fourth-order valence-electron chi connectivity index (χ4n) is 2.56. The zero-order valence-electron chi connectivity index (χ0n) is 12.4. The van der Waals surface area contributed by atoms with Gasteiger partial charge in [-0.05, 0) is 35.9 Å². The lowest BCUT2D eigenvalue weighted by Gasteiger charge is -2.06. The molecular weight excluding hydrogens is 310 g/mol. The molecule has 6 heteroatoms. The molecule has 0 saturated heterocycles. The van der Waals surface area contributed by atoms with E-state index < -0.39 is 5.63 Å². The van der Waals surface area contributed by atoms with Crippen LogP contribution in [0.2, 0.25) is 0 Å². The number of rotatable bonds is 3. The lowest BCUT2D eigenvalue weighted by Crippen LogP contribution is -2.03. The average molecular weight is 321 g/mol. The largest absolute Gasteiger partial charge is 0.479 e. The Bertz CT molecular complexity index is 1030. The Morgan fingerprint density at radius 3 is 2.83 bits per heavy atom. The third kappa shape index (κ3) is 2.42. The Balaban J connectivity index is 1.78. The highest BCUT2D eigenvalue weighted by atomic mass is 16.7. The van der Waals surface area contributed by atoms with Gasteiger partial charge in [0.25, 0.3) is 0 Å². The highest BCUT2D eigenvalue weighted by molar-refractivity contribution is 5.83. The number of benzene rings is 2. The van der Waals surface area contributed by atoms with Gasteiger partial charge in [-0.2, -0.15) is 5.26 Å². The summed E-state index contributed by atoms with van der Waals surface area (Å²) >= 11 is 0. The first kappa shape index (κ1) is 14.2. The molecule has 0 radical (unpaired) electrons. The second kappa shape index (κ2) is 5.63. The maximum atomic E-state index is 12.3. The summed E-state index contributed by atoms with van der Waals surface area (Å²) in [6, 6.07) is 14.1. The minimum Gasteiger partial charge on any atom is -0.479 e. The van der Waals surface area contributed by atoms with Crippen molar-refractivity contribution in [1.82, 2.24) is 0 Å². The zero-order chi connectivity index (χ0) is 16.5. The van der Waals surface area contributed by atoms with Crippen LogP contribution in [0, 0.1) is 11.3 Å². The van der Waals surface area contributed by atoms with E-state index in [-0.39, 0.29) is 13.4 Å². The SMILES string of the molecule is N#CCOc1ccc2cc(-c3ccc4c(c3)OCO4)c(=O)oc2c1. The van der Waals surface area contributed by atoms with Crippen molar-refractivity contribution in [2.24, 2.45) is 0 Å². The molecule has 0 atom stereocenters. The summed E-state index contributed by atoms with van der Waals surface area (Å²) in [5, 5.41) is 9.30. The van der Waals surface area contributed by atoms with Gasteiger partial charge in [-0.1, -0.05) is 6.07 Å². The number of nitrogens with zero attached hydrogens (tertiary/aromatic N) is 1. The van der Waals surface area contributed by atoms with Crippen LogP contribution in [0.25, 0.3) is 22.1 Å². The van der Waals surface area contributed by atoms with Crippen molar-refractivity contribution >= 4 is 11.0 Å². The molecule has 0 bridgehead atoms. The maximum Gasteiger partial charge on any atom is 0.344 e. The van der Waals surface area contributed by atoms with Crippen molar-refractivity contribution in [3.05, 3.63) is 52.9 Å². The topological polar surface area (TPSA) is 81.7 Å². The zero-order valence-corrected chi connectivity index (χ0v) is 12.4. The summed E-state index contributed by atoms with van der Waals surface area (Å²) in [7, 11) is 0. The van der Waals surface area contributed by atoms with Gasteiger partial charge in [0, 0.05) is 11.5 Å². The van der Waals surface area contributed by atoms with Crippen molar-refractivity contribution in [2.75, 3.05) is 13.4 Å². The van der Waals surface area contributed by atoms with E-state index in [2.05, 4.69) is 0 Å². The van der Waals surface area contributed by atoms with Crippen LogP contribution < -0.4 is 19.8 Å². The van der Waals surface area contributed by atoms with Gasteiger partial charge in [-0.3, -0.25) is 0 Å². The molecule has 118 valence electrons. The van der Waals surface area contributed by atoms with Crippen molar-refractivity contribution in [3.8, 4) is 34.4 Å². The van der Waals surface area contributed by atoms with E-state index in [1.165, 1.54) is 0 Å². The third-order valence-electron chi connectivity index (χ3n) is 3.69. The third-order valence-corrected chi connectivity index (χ3v) is 3.69. The minimum absolute atomic E-state index is 0.0645. The summed E-state index contributed by atoms with van der Waals surface area (Å²) in [6.45, 7) is 0.113. The van der Waals surface area contributed by atoms with Crippen LogP contribution in [0.4, 0.5) is 0 Å². The normalized spacial score (nSPS) is 12.1. The van der Waals surface area contributed by atoms with Gasteiger partial charge in [-0.15, -0.1) is 0 Å². The average Bonchev–Trinajstić information content (AvgIpc) is 3.06. The van der Waals surface area contributed by atoms with E-state index in [4.69, 9.17) is 23.9 Å². The van der Waals surface area contributed by atoms with Gasteiger partial charge >= 0.3 is 5.63 Å². The van der Waals surface area contributed by atoms with E-state index in [0.717, 1.165) is 5.39 Å². The van der Waals surface area contributed by atoms with Gasteiger partial charge in [0.15, 0.2) is 18.1 Å². The molecule has 0 saturated carbocycles. The lowest BCUT2D eigenvalue weighted by atomic mass is 10.1. The van der Waals surface area contributed by atoms with Crippen LogP contribution >= 0.6 is 0 Å². The van der Waals surface area contributed by atoms with Crippen LogP contribution in [0.1, 0.15) is 0 Å². The molecule has 1 aliphatic heterocycles. The first-order valence-electron chi connectivity index (χ1n) is 7.22. The Morgan fingerprint density at radius 2 is 1.96 bits per heavy atom. The van der Waals surface area contributed by atoms with E-state index in [0.29, 0.717) is 34.0 Å². The number of nitriles is 1. The molecule has 0 fully saturated rings. The maximum absolute atomic E-state index is 12.3. The van der Waals surface area contributed by atoms with Crippen LogP contribution in [0.15, 0.2) is 51.7 Å². The Morgan fingerprint density at radius 1 is 1.08 bits per heavy atom. The van der Waals surface area contributed by atoms with E-state index in [1.807, 2.05) is 6.07 Å². The molecule has 2 heterocycles. The molecule has 0 aliphatic carbocycles. The molecule has 0 spiro atoms. The number of hydrogen-bond acceptors (Lipinski definition) is 6. The Kier molecular flexibility index (Phi) is 3.32. The molecule has 1 aromatic heterocycles. The molecule has 4 rings (SSSR count). The Labute approximate surface area is 136 Å². The smallest absolute Gasteiger partial charge is 0.344 e. The summed E-state index contributed by atoms with van der Waals surface area (Å²) in [4.78, 5) is 12.3. The summed E-state index contributed by atoms with van der Waals surface area (Å²) < 4.78 is 21.2. The van der Waals surface area contributed by atoms with Gasteiger partial charge in [0.2, 0.25) is 6.79 Å². The molecular formula is C18H11NO5. The molecule has 6 nitrogen and oxygen atoms in total. The molecule has 0 N–H and O–H groups in total. The van der Waals surface area contributed by atoms with Crippen molar-refractivity contribution in [1.29, 1.82) is 5.26 Å². The van der Waals surface area contributed by atoms with Gasteiger partial charge < -0.3 is 18.6 Å². The molecule has 2 aromatic carbocycles. The van der Waals surface area contributed by atoms with E-state index in [9.17, 15) is 4.79 Å². The number of ether oxygens (including phenoxy) is 3. The molecule has 1 aliphatic rings.